The van der Waals surface area contributed by atoms with Crippen molar-refractivity contribution in [1.82, 2.24) is 5.16 Å². The van der Waals surface area contributed by atoms with E-state index in [0.717, 1.165) is 22.5 Å². The molecule has 0 spiro atoms. The maximum atomic E-state index is 5.93. The van der Waals surface area contributed by atoms with E-state index in [9.17, 15) is 0 Å². The molecule has 2 aromatic carbocycles. The van der Waals surface area contributed by atoms with Gasteiger partial charge < -0.3 is 0 Å². The molecule has 0 aliphatic rings. The van der Waals surface area contributed by atoms with Crippen molar-refractivity contribution < 1.29 is 9.37 Å². The number of aryl methyl sites for hydroxylation is 1. The minimum Gasteiger partial charge on any atom is -0.0843 e. The van der Waals surface area contributed by atoms with Crippen LogP contribution in [0.2, 0.25) is 10.0 Å². The molecule has 1 aromatic heterocycles. The topological polar surface area (TPSA) is 29.9 Å². The molecule has 3 nitrogen and oxygen atoms in total. The van der Waals surface area contributed by atoms with Gasteiger partial charge in [0, 0.05) is 21.2 Å². The Labute approximate surface area is 126 Å². The van der Waals surface area contributed by atoms with Crippen LogP contribution < -0.4 is 4.74 Å². The third-order valence-electron chi connectivity index (χ3n) is 3.03. The third kappa shape index (κ3) is 2.42. The first-order chi connectivity index (χ1) is 9.65. The number of benzene rings is 2. The zero-order valence-corrected chi connectivity index (χ0v) is 12.2. The molecule has 0 fully saturated rings. The molecule has 0 saturated carbocycles. The summed E-state index contributed by atoms with van der Waals surface area (Å²) in [6.45, 7) is 0. The first kappa shape index (κ1) is 13.2. The molecule has 0 amide bonds. The third-order valence-corrected chi connectivity index (χ3v) is 3.53. The van der Waals surface area contributed by atoms with Crippen molar-refractivity contribution in [3.05, 3.63) is 58.6 Å². The summed E-state index contributed by atoms with van der Waals surface area (Å²) in [4.78, 5) is 0. The summed E-state index contributed by atoms with van der Waals surface area (Å²) in [5.74, 6) is 0. The summed E-state index contributed by atoms with van der Waals surface area (Å²) in [5.41, 5.74) is 3.60. The highest BCUT2D eigenvalue weighted by atomic mass is 35.5. The van der Waals surface area contributed by atoms with Crippen LogP contribution in [0, 0.1) is 0 Å². The fourth-order valence-electron chi connectivity index (χ4n) is 2.06. The van der Waals surface area contributed by atoms with Crippen molar-refractivity contribution in [3.63, 3.8) is 0 Å². The van der Waals surface area contributed by atoms with E-state index in [1.165, 1.54) is 0 Å². The molecule has 0 aliphatic carbocycles. The van der Waals surface area contributed by atoms with E-state index in [-0.39, 0.29) is 0 Å². The maximum absolute atomic E-state index is 5.93. The molecule has 0 aliphatic heterocycles. The van der Waals surface area contributed by atoms with Crippen LogP contribution >= 0.6 is 23.2 Å². The number of aromatic nitrogens is 2. The number of nitrogens with zero attached hydrogens (tertiary/aromatic N) is 2. The lowest BCUT2D eigenvalue weighted by Gasteiger charge is -1.98. The second-order valence-corrected chi connectivity index (χ2v) is 5.25. The van der Waals surface area contributed by atoms with Crippen LogP contribution in [-0.4, -0.2) is 5.16 Å². The van der Waals surface area contributed by atoms with Crippen LogP contribution in [0.4, 0.5) is 0 Å². The summed E-state index contributed by atoms with van der Waals surface area (Å²) in [6, 6.07) is 15.1. The maximum Gasteiger partial charge on any atom is 0.281 e. The minimum absolute atomic E-state index is 0.690. The van der Waals surface area contributed by atoms with Gasteiger partial charge in [0.1, 0.15) is 7.05 Å². The smallest absolute Gasteiger partial charge is 0.0843 e. The zero-order valence-electron chi connectivity index (χ0n) is 10.7. The van der Waals surface area contributed by atoms with E-state index in [2.05, 4.69) is 5.16 Å². The Hall–Kier alpha value is -1.84. The van der Waals surface area contributed by atoms with Gasteiger partial charge in [-0.2, -0.15) is 0 Å². The lowest BCUT2D eigenvalue weighted by atomic mass is 10.0. The quantitative estimate of drug-likeness (QED) is 0.666. The van der Waals surface area contributed by atoms with Gasteiger partial charge in [0.25, 0.3) is 5.69 Å². The van der Waals surface area contributed by atoms with E-state index in [4.69, 9.17) is 27.8 Å². The van der Waals surface area contributed by atoms with Crippen molar-refractivity contribution in [3.8, 4) is 22.5 Å². The number of hydrogen-bond acceptors (Lipinski definition) is 2. The van der Waals surface area contributed by atoms with Crippen LogP contribution in [0.25, 0.3) is 22.5 Å². The van der Waals surface area contributed by atoms with Crippen molar-refractivity contribution in [2.45, 2.75) is 0 Å². The van der Waals surface area contributed by atoms with Crippen LogP contribution in [0.15, 0.2) is 53.2 Å². The second-order valence-electron chi connectivity index (χ2n) is 4.38. The van der Waals surface area contributed by atoms with Crippen molar-refractivity contribution in [2.75, 3.05) is 0 Å². The van der Waals surface area contributed by atoms with Crippen LogP contribution in [0.1, 0.15) is 0 Å². The highest BCUT2D eigenvalue weighted by molar-refractivity contribution is 6.30. The molecule has 0 radical (unpaired) electrons. The predicted molar refractivity (Wildman–Crippen MR) is 78.6 cm³/mol. The molecule has 0 unspecified atom stereocenters. The van der Waals surface area contributed by atoms with E-state index >= 15 is 0 Å². The Morgan fingerprint density at radius 1 is 0.850 bits per heavy atom. The summed E-state index contributed by atoms with van der Waals surface area (Å²) in [7, 11) is 1.82. The van der Waals surface area contributed by atoms with Crippen LogP contribution in [-0.2, 0) is 7.05 Å². The molecule has 1 heterocycles. The van der Waals surface area contributed by atoms with Crippen molar-refractivity contribution >= 4 is 23.2 Å². The SMILES string of the molecule is C[n+]1onc(-c2ccc(Cl)cc2)c1-c1ccc(Cl)cc1. The molecule has 0 saturated heterocycles. The monoisotopic (exact) mass is 305 g/mol. The fourth-order valence-corrected chi connectivity index (χ4v) is 2.31. The second kappa shape index (κ2) is 5.27. The Bertz CT molecular complexity index is 734. The average molecular weight is 306 g/mol. The average Bonchev–Trinajstić information content (AvgIpc) is 2.83. The molecular weight excluding hydrogens is 295 g/mol. The Morgan fingerprint density at radius 2 is 1.35 bits per heavy atom. The van der Waals surface area contributed by atoms with E-state index in [1.54, 1.807) is 4.74 Å². The van der Waals surface area contributed by atoms with Gasteiger partial charge in [-0.1, -0.05) is 32.6 Å². The predicted octanol–water partition coefficient (Wildman–Crippen LogP) is 4.14. The molecule has 0 N–H and O–H groups in total. The Morgan fingerprint density at radius 3 is 1.90 bits per heavy atom. The highest BCUT2D eigenvalue weighted by Crippen LogP contribution is 2.29. The van der Waals surface area contributed by atoms with Gasteiger partial charge in [-0.25, -0.2) is 0 Å². The van der Waals surface area contributed by atoms with Gasteiger partial charge in [-0.15, -0.1) is 0 Å². The molecule has 5 heteroatoms. The molecule has 0 atom stereocenters. The minimum atomic E-state index is 0.690. The summed E-state index contributed by atoms with van der Waals surface area (Å²) >= 11 is 11.8. The van der Waals surface area contributed by atoms with Crippen LogP contribution in [0.5, 0.6) is 0 Å². The molecule has 3 rings (SSSR count). The molecule has 100 valence electrons. The zero-order chi connectivity index (χ0) is 14.1. The van der Waals surface area contributed by atoms with Gasteiger partial charge in [0.05, 0.1) is 0 Å². The van der Waals surface area contributed by atoms with Crippen molar-refractivity contribution in [1.29, 1.82) is 0 Å². The number of halogens is 2. The van der Waals surface area contributed by atoms with E-state index in [0.29, 0.717) is 10.0 Å². The van der Waals surface area contributed by atoms with Gasteiger partial charge in [0.15, 0.2) is 5.16 Å². The van der Waals surface area contributed by atoms with Crippen molar-refractivity contribution in [2.24, 2.45) is 7.05 Å². The number of rotatable bonds is 2. The fraction of sp³-hybridized carbons (Fsp3) is 0.0667. The van der Waals surface area contributed by atoms with Gasteiger partial charge in [0.2, 0.25) is 5.69 Å². The number of hydrogen-bond donors (Lipinski definition) is 0. The van der Waals surface area contributed by atoms with Gasteiger partial charge >= 0.3 is 0 Å². The Balaban J connectivity index is 2.14. The summed E-state index contributed by atoms with van der Waals surface area (Å²) in [5, 5.41) is 5.51. The summed E-state index contributed by atoms with van der Waals surface area (Å²) < 4.78 is 6.90. The Kier molecular flexibility index (Phi) is 3.47. The highest BCUT2D eigenvalue weighted by Gasteiger charge is 2.25. The molecular formula is C15H11Cl2N2O+. The lowest BCUT2D eigenvalue weighted by Crippen LogP contribution is -2.27. The van der Waals surface area contributed by atoms with E-state index in [1.807, 2.05) is 55.6 Å². The van der Waals surface area contributed by atoms with Gasteiger partial charge in [-0.05, 0) is 48.5 Å². The standard InChI is InChI=1S/C15H11Cl2N2O/c1-19-15(11-4-8-13(17)9-5-11)14(18-20-19)10-2-6-12(16)7-3-10/h2-9H,1H3/q+1. The molecule has 3 aromatic rings. The normalized spacial score (nSPS) is 10.8. The largest absolute Gasteiger partial charge is 0.281 e. The molecule has 0 bridgehead atoms. The summed E-state index contributed by atoms with van der Waals surface area (Å²) in [6.07, 6.45) is 0. The van der Waals surface area contributed by atoms with Gasteiger partial charge in [-0.3, -0.25) is 0 Å². The first-order valence-corrected chi connectivity index (χ1v) is 6.79. The molecule has 20 heavy (non-hydrogen) atoms. The first-order valence-electron chi connectivity index (χ1n) is 6.03. The van der Waals surface area contributed by atoms with Crippen LogP contribution in [0.3, 0.4) is 0 Å². The van der Waals surface area contributed by atoms with E-state index < -0.39 is 0 Å². The lowest BCUT2D eigenvalue weighted by molar-refractivity contribution is -0.845.